The number of hydrogen-bond donors (Lipinski definition) is 4. The highest BCUT2D eigenvalue weighted by molar-refractivity contribution is 6.06. The van der Waals surface area contributed by atoms with E-state index in [1.165, 1.54) is 0 Å². The summed E-state index contributed by atoms with van der Waals surface area (Å²) < 4.78 is 0. The van der Waals surface area contributed by atoms with Crippen LogP contribution in [-0.2, 0) is 4.79 Å². The molecule has 1 aliphatic rings. The summed E-state index contributed by atoms with van der Waals surface area (Å²) in [7, 11) is 0. The van der Waals surface area contributed by atoms with Crippen molar-refractivity contribution in [1.29, 1.82) is 0 Å². The van der Waals surface area contributed by atoms with Gasteiger partial charge in [0.05, 0.1) is 11.6 Å². The van der Waals surface area contributed by atoms with Crippen molar-refractivity contribution in [2.45, 2.75) is 31.8 Å². The number of aromatic nitrogens is 2. The first kappa shape index (κ1) is 20.1. The Bertz CT molecular complexity index is 1010. The standard InChI is InChI=1S/C23H27N5O2/c1-15(16-7-3-2-4-8-16)25-22(29)20(17-11-13-24-14-12-17)26-23(30)21-18-9-5-6-10-19(18)27-28-21/h2-10,15,17,20,24H,11-14H2,1H3,(H,25,29)(H,26,30)(H,27,28)/t15-,20?/m1/s1. The van der Waals surface area contributed by atoms with E-state index in [4.69, 9.17) is 0 Å². The Morgan fingerprint density at radius 3 is 2.47 bits per heavy atom. The highest BCUT2D eigenvalue weighted by atomic mass is 16.2. The lowest BCUT2D eigenvalue weighted by molar-refractivity contribution is -0.125. The fourth-order valence-corrected chi connectivity index (χ4v) is 4.05. The molecule has 4 N–H and O–H groups in total. The number of benzene rings is 2. The first-order valence-corrected chi connectivity index (χ1v) is 10.4. The largest absolute Gasteiger partial charge is 0.348 e. The van der Waals surface area contributed by atoms with Gasteiger partial charge in [-0.25, -0.2) is 0 Å². The van der Waals surface area contributed by atoms with Gasteiger partial charge < -0.3 is 16.0 Å². The molecule has 0 saturated carbocycles. The molecule has 7 nitrogen and oxygen atoms in total. The number of piperidine rings is 1. The third kappa shape index (κ3) is 4.36. The van der Waals surface area contributed by atoms with Gasteiger partial charge in [0, 0.05) is 5.39 Å². The number of amides is 2. The minimum absolute atomic E-state index is 0.0726. The maximum absolute atomic E-state index is 13.2. The van der Waals surface area contributed by atoms with Crippen molar-refractivity contribution in [3.63, 3.8) is 0 Å². The van der Waals surface area contributed by atoms with Gasteiger partial charge in [0.1, 0.15) is 6.04 Å². The fraction of sp³-hybridized carbons (Fsp3) is 0.348. The van der Waals surface area contributed by atoms with Crippen LogP contribution in [-0.4, -0.2) is 41.1 Å². The van der Waals surface area contributed by atoms with Crippen LogP contribution >= 0.6 is 0 Å². The van der Waals surface area contributed by atoms with E-state index in [1.807, 2.05) is 61.5 Å². The van der Waals surface area contributed by atoms with Gasteiger partial charge in [-0.15, -0.1) is 0 Å². The predicted molar refractivity (Wildman–Crippen MR) is 116 cm³/mol. The smallest absolute Gasteiger partial charge is 0.273 e. The number of hydrogen-bond acceptors (Lipinski definition) is 4. The number of carbonyl (C=O) groups is 2. The Morgan fingerprint density at radius 2 is 1.70 bits per heavy atom. The summed E-state index contributed by atoms with van der Waals surface area (Å²) in [6.07, 6.45) is 1.67. The average molecular weight is 406 g/mol. The van der Waals surface area contributed by atoms with Gasteiger partial charge in [-0.05, 0) is 50.4 Å². The fourth-order valence-electron chi connectivity index (χ4n) is 4.05. The lowest BCUT2D eigenvalue weighted by Crippen LogP contribution is -2.53. The van der Waals surface area contributed by atoms with Gasteiger partial charge in [0.25, 0.3) is 5.91 Å². The molecule has 0 aliphatic carbocycles. The Labute approximate surface area is 175 Å². The summed E-state index contributed by atoms with van der Waals surface area (Å²) in [5.74, 6) is -0.423. The van der Waals surface area contributed by atoms with Gasteiger partial charge in [-0.3, -0.25) is 14.7 Å². The maximum Gasteiger partial charge on any atom is 0.273 e. The van der Waals surface area contributed by atoms with Crippen LogP contribution in [0.1, 0.15) is 41.9 Å². The van der Waals surface area contributed by atoms with Gasteiger partial charge in [-0.2, -0.15) is 5.10 Å². The number of H-pyrrole nitrogens is 1. The maximum atomic E-state index is 13.2. The minimum Gasteiger partial charge on any atom is -0.348 e. The second-order valence-corrected chi connectivity index (χ2v) is 7.80. The molecular weight excluding hydrogens is 378 g/mol. The molecule has 7 heteroatoms. The lowest BCUT2D eigenvalue weighted by atomic mass is 9.89. The molecule has 3 aromatic rings. The summed E-state index contributed by atoms with van der Waals surface area (Å²) in [6, 6.07) is 16.5. The average Bonchev–Trinajstić information content (AvgIpc) is 3.23. The van der Waals surface area contributed by atoms with E-state index < -0.39 is 6.04 Å². The first-order chi connectivity index (χ1) is 14.6. The third-order valence-corrected chi connectivity index (χ3v) is 5.77. The number of fused-ring (bicyclic) bond motifs is 1. The van der Waals surface area contributed by atoms with Crippen LogP contribution in [0, 0.1) is 5.92 Å². The van der Waals surface area contributed by atoms with Crippen LogP contribution in [0.25, 0.3) is 10.9 Å². The molecule has 2 amide bonds. The molecule has 30 heavy (non-hydrogen) atoms. The Kier molecular flexibility index (Phi) is 6.09. The van der Waals surface area contributed by atoms with Crippen LogP contribution in [0.15, 0.2) is 54.6 Å². The Hall–Kier alpha value is -3.19. The molecule has 1 saturated heterocycles. The van der Waals surface area contributed by atoms with E-state index in [9.17, 15) is 9.59 Å². The number of aromatic amines is 1. The molecule has 0 radical (unpaired) electrons. The highest BCUT2D eigenvalue weighted by Gasteiger charge is 2.32. The molecule has 1 aliphatic heterocycles. The topological polar surface area (TPSA) is 98.9 Å². The molecule has 2 atom stereocenters. The molecular formula is C23H27N5O2. The number of nitrogens with zero attached hydrogens (tertiary/aromatic N) is 1. The Morgan fingerprint density at radius 1 is 1.00 bits per heavy atom. The van der Waals surface area contributed by atoms with Crippen molar-refractivity contribution in [2.75, 3.05) is 13.1 Å². The van der Waals surface area contributed by atoms with Gasteiger partial charge in [-0.1, -0.05) is 48.5 Å². The van der Waals surface area contributed by atoms with Crippen molar-refractivity contribution in [3.8, 4) is 0 Å². The molecule has 1 fully saturated rings. The summed E-state index contributed by atoms with van der Waals surface area (Å²) in [5, 5.41) is 17.2. The third-order valence-electron chi connectivity index (χ3n) is 5.77. The van der Waals surface area contributed by atoms with Gasteiger partial charge in [0.2, 0.25) is 5.91 Å². The molecule has 1 aromatic heterocycles. The predicted octanol–water partition coefficient (Wildman–Crippen LogP) is 2.54. The molecule has 4 rings (SSSR count). The summed E-state index contributed by atoms with van der Waals surface area (Å²) in [5.41, 5.74) is 2.14. The first-order valence-electron chi connectivity index (χ1n) is 10.4. The second-order valence-electron chi connectivity index (χ2n) is 7.80. The van der Waals surface area contributed by atoms with Gasteiger partial charge >= 0.3 is 0 Å². The van der Waals surface area contributed by atoms with E-state index >= 15 is 0 Å². The quantitative estimate of drug-likeness (QED) is 0.506. The van der Waals surface area contributed by atoms with E-state index in [2.05, 4.69) is 26.1 Å². The molecule has 2 heterocycles. The summed E-state index contributed by atoms with van der Waals surface area (Å²) >= 11 is 0. The van der Waals surface area contributed by atoms with Crippen molar-refractivity contribution in [3.05, 3.63) is 65.9 Å². The molecule has 1 unspecified atom stereocenters. The minimum atomic E-state index is -0.610. The van der Waals surface area contributed by atoms with Crippen LogP contribution in [0.2, 0.25) is 0 Å². The zero-order chi connectivity index (χ0) is 20.9. The van der Waals surface area contributed by atoms with Crippen LogP contribution in [0.4, 0.5) is 0 Å². The van der Waals surface area contributed by atoms with Crippen molar-refractivity contribution >= 4 is 22.7 Å². The number of nitrogens with one attached hydrogen (secondary N) is 4. The van der Waals surface area contributed by atoms with Crippen LogP contribution in [0.5, 0.6) is 0 Å². The van der Waals surface area contributed by atoms with Crippen molar-refractivity contribution in [1.82, 2.24) is 26.1 Å². The van der Waals surface area contributed by atoms with Gasteiger partial charge in [0.15, 0.2) is 5.69 Å². The molecule has 0 spiro atoms. The second kappa shape index (κ2) is 9.09. The lowest BCUT2D eigenvalue weighted by Gasteiger charge is -2.31. The monoisotopic (exact) mass is 405 g/mol. The summed E-state index contributed by atoms with van der Waals surface area (Å²) in [4.78, 5) is 26.3. The van der Waals surface area contributed by atoms with Crippen LogP contribution < -0.4 is 16.0 Å². The number of para-hydroxylation sites is 1. The summed E-state index contributed by atoms with van der Waals surface area (Å²) in [6.45, 7) is 3.63. The molecule has 156 valence electrons. The highest BCUT2D eigenvalue weighted by Crippen LogP contribution is 2.20. The number of rotatable bonds is 6. The van der Waals surface area contributed by atoms with E-state index in [1.54, 1.807) is 0 Å². The van der Waals surface area contributed by atoms with E-state index in [-0.39, 0.29) is 23.8 Å². The molecule has 2 aromatic carbocycles. The number of carbonyl (C=O) groups excluding carboxylic acids is 2. The zero-order valence-electron chi connectivity index (χ0n) is 17.0. The van der Waals surface area contributed by atoms with E-state index in [0.29, 0.717) is 5.69 Å². The van der Waals surface area contributed by atoms with Crippen molar-refractivity contribution < 1.29 is 9.59 Å². The zero-order valence-corrected chi connectivity index (χ0v) is 17.0. The normalized spacial score (nSPS) is 16.7. The van der Waals surface area contributed by atoms with Crippen molar-refractivity contribution in [2.24, 2.45) is 5.92 Å². The molecule has 0 bridgehead atoms. The van der Waals surface area contributed by atoms with Crippen LogP contribution in [0.3, 0.4) is 0 Å². The Balaban J connectivity index is 1.53. The van der Waals surface area contributed by atoms with E-state index in [0.717, 1.165) is 42.4 Å². The SMILES string of the molecule is C[C@@H](NC(=O)C(NC(=O)c1n[nH]c2ccccc12)C1CCNCC1)c1ccccc1.